The van der Waals surface area contributed by atoms with Crippen molar-refractivity contribution in [2.24, 2.45) is 0 Å². The number of likely N-dealkylation sites (N-methyl/N-ethyl adjacent to an activating group) is 1. The van der Waals surface area contributed by atoms with Crippen molar-refractivity contribution in [3.8, 4) is 6.07 Å². The maximum absolute atomic E-state index is 13.5. The second kappa shape index (κ2) is 9.11. The van der Waals surface area contributed by atoms with Crippen molar-refractivity contribution in [2.75, 3.05) is 32.1 Å². The second-order valence-corrected chi connectivity index (χ2v) is 7.86. The third-order valence-electron chi connectivity index (χ3n) is 5.73. The quantitative estimate of drug-likeness (QED) is 0.734. The molecule has 2 aromatic rings. The number of anilines is 1. The molecule has 3 amide bonds. The predicted molar refractivity (Wildman–Crippen MR) is 109 cm³/mol. The summed E-state index contributed by atoms with van der Waals surface area (Å²) in [6.07, 6.45) is -2.15. The van der Waals surface area contributed by atoms with Gasteiger partial charge < -0.3 is 19.9 Å². The second-order valence-electron chi connectivity index (χ2n) is 7.86. The van der Waals surface area contributed by atoms with E-state index in [0.29, 0.717) is 36.5 Å². The van der Waals surface area contributed by atoms with Crippen LogP contribution in [0, 0.1) is 17.1 Å². The Morgan fingerprint density at radius 2 is 2.21 bits per heavy atom. The highest BCUT2D eigenvalue weighted by Crippen LogP contribution is 2.28. The lowest BCUT2D eigenvalue weighted by Crippen LogP contribution is -2.49. The minimum absolute atomic E-state index is 0.0343. The number of alkyl halides is 2. The number of benzene rings is 1. The topological polar surface area (TPSA) is 103 Å². The van der Waals surface area contributed by atoms with Crippen LogP contribution < -0.4 is 5.32 Å². The van der Waals surface area contributed by atoms with E-state index < -0.39 is 30.9 Å². The van der Waals surface area contributed by atoms with Gasteiger partial charge in [-0.15, -0.1) is 0 Å². The Bertz CT molecular complexity index is 1130. The third-order valence-corrected chi connectivity index (χ3v) is 5.73. The highest BCUT2D eigenvalue weighted by Gasteiger charge is 2.37. The summed E-state index contributed by atoms with van der Waals surface area (Å²) < 4.78 is 44.8. The molecular weight excluding hydrogens is 441 g/mol. The first-order valence-electron chi connectivity index (χ1n) is 10.3. The molecule has 33 heavy (non-hydrogen) atoms. The number of amides is 3. The maximum atomic E-state index is 13.5. The Labute approximate surface area is 187 Å². The highest BCUT2D eigenvalue weighted by atomic mass is 19.3. The normalized spacial score (nSPS) is 17.6. The number of nitriles is 1. The lowest BCUT2D eigenvalue weighted by Gasteiger charge is -2.33. The fourth-order valence-electron chi connectivity index (χ4n) is 3.98. The van der Waals surface area contributed by atoms with Crippen LogP contribution in [-0.2, 0) is 24.2 Å². The van der Waals surface area contributed by atoms with Crippen LogP contribution >= 0.6 is 0 Å². The van der Waals surface area contributed by atoms with Gasteiger partial charge >= 0.3 is 6.03 Å². The van der Waals surface area contributed by atoms with E-state index >= 15 is 0 Å². The summed E-state index contributed by atoms with van der Waals surface area (Å²) in [7, 11) is 1.58. The Morgan fingerprint density at radius 1 is 1.42 bits per heavy atom. The first kappa shape index (κ1) is 22.6. The molecule has 174 valence electrons. The summed E-state index contributed by atoms with van der Waals surface area (Å²) in [5, 5.41) is 16.1. The summed E-state index contributed by atoms with van der Waals surface area (Å²) in [5.74, 6) is -0.995. The lowest BCUT2D eigenvalue weighted by atomic mass is 10.0. The summed E-state index contributed by atoms with van der Waals surface area (Å²) in [6.45, 7) is 0.0659. The van der Waals surface area contributed by atoms with Crippen LogP contribution in [-0.4, -0.2) is 70.8 Å². The molecule has 0 bridgehead atoms. The fourth-order valence-corrected chi connectivity index (χ4v) is 3.98. The van der Waals surface area contributed by atoms with Crippen molar-refractivity contribution >= 4 is 17.6 Å². The number of urea groups is 1. The molecule has 3 heterocycles. The lowest BCUT2D eigenvalue weighted by molar-refractivity contribution is -0.00905. The predicted octanol–water partition coefficient (Wildman–Crippen LogP) is 2.22. The molecule has 1 aromatic heterocycles. The zero-order valence-electron chi connectivity index (χ0n) is 17.7. The number of nitrogens with zero attached hydrogens (tertiary/aromatic N) is 5. The van der Waals surface area contributed by atoms with E-state index in [1.807, 2.05) is 0 Å². The summed E-state index contributed by atoms with van der Waals surface area (Å²) in [6, 6.07) is 4.55. The monoisotopic (exact) mass is 462 g/mol. The molecule has 0 aliphatic carbocycles. The molecule has 0 radical (unpaired) electrons. The molecule has 12 heteroatoms. The molecular formula is C21H21F3N6O3. The average molecular weight is 462 g/mol. The van der Waals surface area contributed by atoms with Crippen LogP contribution in [0.4, 0.5) is 23.7 Å². The first-order valence-corrected chi connectivity index (χ1v) is 10.3. The van der Waals surface area contributed by atoms with Gasteiger partial charge in [-0.1, -0.05) is 0 Å². The number of carbonyl (C=O) groups is 2. The van der Waals surface area contributed by atoms with Crippen molar-refractivity contribution in [3.05, 3.63) is 46.5 Å². The Kier molecular flexibility index (Phi) is 6.24. The SMILES string of the molecule is CN1C(=O)c2c3c(nn2CC1COCC(F)F)CCN(C(=O)Nc1ccc(F)c(C#N)c1)C3. The molecule has 1 atom stereocenters. The molecule has 1 N–H and O–H groups in total. The number of hydrogen-bond donors (Lipinski definition) is 1. The van der Waals surface area contributed by atoms with E-state index in [9.17, 15) is 22.8 Å². The van der Waals surface area contributed by atoms with Crippen molar-refractivity contribution in [3.63, 3.8) is 0 Å². The molecule has 2 aliphatic heterocycles. The van der Waals surface area contributed by atoms with Gasteiger partial charge in [0.05, 0.1) is 37.0 Å². The maximum Gasteiger partial charge on any atom is 0.322 e. The molecule has 0 spiro atoms. The van der Waals surface area contributed by atoms with Gasteiger partial charge in [-0.25, -0.2) is 18.0 Å². The molecule has 1 aromatic carbocycles. The first-order chi connectivity index (χ1) is 15.8. The molecule has 0 saturated heterocycles. The molecule has 1 unspecified atom stereocenters. The molecule has 0 saturated carbocycles. The van der Waals surface area contributed by atoms with Crippen molar-refractivity contribution in [1.82, 2.24) is 19.6 Å². The van der Waals surface area contributed by atoms with Crippen LogP contribution in [0.25, 0.3) is 0 Å². The van der Waals surface area contributed by atoms with E-state index in [0.717, 1.165) is 6.07 Å². The summed E-state index contributed by atoms with van der Waals surface area (Å²) in [5.41, 5.74) is 1.81. The van der Waals surface area contributed by atoms with Gasteiger partial charge in [-0.3, -0.25) is 9.48 Å². The molecule has 9 nitrogen and oxygen atoms in total. The fraction of sp³-hybridized carbons (Fsp3) is 0.429. The number of halogens is 3. The number of nitrogens with one attached hydrogen (secondary N) is 1. The number of fused-ring (bicyclic) bond motifs is 3. The van der Waals surface area contributed by atoms with E-state index in [1.165, 1.54) is 21.9 Å². The van der Waals surface area contributed by atoms with Gasteiger partial charge in [0.1, 0.15) is 24.2 Å². The number of ether oxygens (including phenoxy) is 1. The Morgan fingerprint density at radius 3 is 2.94 bits per heavy atom. The summed E-state index contributed by atoms with van der Waals surface area (Å²) >= 11 is 0. The minimum atomic E-state index is -2.58. The van der Waals surface area contributed by atoms with E-state index in [4.69, 9.17) is 10.00 Å². The molecule has 0 fully saturated rings. The van der Waals surface area contributed by atoms with E-state index in [2.05, 4.69) is 10.4 Å². The minimum Gasteiger partial charge on any atom is -0.373 e. The van der Waals surface area contributed by atoms with Crippen LogP contribution in [0.5, 0.6) is 0 Å². The number of hydrogen-bond acceptors (Lipinski definition) is 5. The summed E-state index contributed by atoms with van der Waals surface area (Å²) in [4.78, 5) is 28.7. The largest absolute Gasteiger partial charge is 0.373 e. The third kappa shape index (κ3) is 4.49. The Hall–Kier alpha value is -3.59. The van der Waals surface area contributed by atoms with Gasteiger partial charge in [-0.05, 0) is 18.2 Å². The Balaban J connectivity index is 1.48. The van der Waals surface area contributed by atoms with Gasteiger partial charge in [-0.2, -0.15) is 10.4 Å². The van der Waals surface area contributed by atoms with Crippen molar-refractivity contribution < 1.29 is 27.5 Å². The number of carbonyl (C=O) groups excluding carboxylic acids is 2. The smallest absolute Gasteiger partial charge is 0.322 e. The highest BCUT2D eigenvalue weighted by molar-refractivity contribution is 5.95. The van der Waals surface area contributed by atoms with Gasteiger partial charge in [0, 0.05) is 31.3 Å². The molecule has 2 aliphatic rings. The van der Waals surface area contributed by atoms with Crippen LogP contribution in [0.1, 0.15) is 27.3 Å². The zero-order valence-corrected chi connectivity index (χ0v) is 17.7. The average Bonchev–Trinajstić information content (AvgIpc) is 3.15. The molecule has 4 rings (SSSR count). The van der Waals surface area contributed by atoms with Gasteiger partial charge in [0.2, 0.25) is 0 Å². The number of aromatic nitrogens is 2. The van der Waals surface area contributed by atoms with Gasteiger partial charge in [0.25, 0.3) is 12.3 Å². The van der Waals surface area contributed by atoms with E-state index in [1.54, 1.807) is 17.8 Å². The van der Waals surface area contributed by atoms with Crippen LogP contribution in [0.3, 0.4) is 0 Å². The van der Waals surface area contributed by atoms with Crippen LogP contribution in [0.2, 0.25) is 0 Å². The van der Waals surface area contributed by atoms with Crippen molar-refractivity contribution in [1.29, 1.82) is 5.26 Å². The number of rotatable bonds is 5. The van der Waals surface area contributed by atoms with Gasteiger partial charge in [0.15, 0.2) is 0 Å². The standard InChI is InChI=1S/C21H21F3N6O3/c1-28-14(10-33-11-18(23)24)8-30-19(20(28)31)15-9-29(5-4-17(15)27-30)21(32)26-13-2-3-16(22)12(6-13)7-25/h2-3,6,14,18H,4-5,8-11H2,1H3,(H,26,32). The zero-order chi connectivity index (χ0) is 23.7. The van der Waals surface area contributed by atoms with E-state index in [-0.39, 0.29) is 30.3 Å². The van der Waals surface area contributed by atoms with Crippen LogP contribution in [0.15, 0.2) is 18.2 Å². The van der Waals surface area contributed by atoms with Crippen molar-refractivity contribution in [2.45, 2.75) is 32.0 Å².